The molecule has 0 saturated carbocycles. The van der Waals surface area contributed by atoms with E-state index in [0.29, 0.717) is 5.92 Å². The lowest BCUT2D eigenvalue weighted by Gasteiger charge is -2.16. The number of aliphatic hydroxyl groups is 1. The molecule has 11 heavy (non-hydrogen) atoms. The molecule has 0 aromatic rings. The molecule has 0 aliphatic carbocycles. The smallest absolute Gasteiger partial charge is 0.0720 e. The summed E-state index contributed by atoms with van der Waals surface area (Å²) >= 11 is 0. The quantitative estimate of drug-likeness (QED) is 0.674. The minimum absolute atomic E-state index is 0.183. The van der Waals surface area contributed by atoms with Crippen molar-refractivity contribution in [3.63, 3.8) is 0 Å². The zero-order chi connectivity index (χ0) is 8.85. The first-order valence-corrected chi connectivity index (χ1v) is 4.19. The average Bonchev–Trinajstić information content (AvgIpc) is 1.88. The largest absolute Gasteiger partial charge is 0.392 e. The van der Waals surface area contributed by atoms with Crippen molar-refractivity contribution >= 4 is 0 Å². The van der Waals surface area contributed by atoms with Crippen molar-refractivity contribution < 1.29 is 5.11 Å². The number of nitrogens with zero attached hydrogens (tertiary/aromatic N) is 1. The van der Waals surface area contributed by atoms with E-state index in [0.717, 1.165) is 12.8 Å². The number of nitriles is 1. The summed E-state index contributed by atoms with van der Waals surface area (Å²) in [6, 6.07) is 2.11. The number of hydrogen-bond acceptors (Lipinski definition) is 2. The van der Waals surface area contributed by atoms with Crippen LogP contribution in [0.15, 0.2) is 0 Å². The predicted octanol–water partition coefficient (Wildman–Crippen LogP) is 1.94. The maximum absolute atomic E-state index is 9.46. The Kier molecular flexibility index (Phi) is 4.89. The van der Waals surface area contributed by atoms with Crippen molar-refractivity contribution in [2.45, 2.75) is 39.7 Å². The van der Waals surface area contributed by atoms with Gasteiger partial charge in [0.25, 0.3) is 0 Å². The fourth-order valence-corrected chi connectivity index (χ4v) is 1.10. The maximum atomic E-state index is 9.46. The molecule has 0 aliphatic heterocycles. The highest BCUT2D eigenvalue weighted by Crippen LogP contribution is 2.15. The van der Waals surface area contributed by atoms with Gasteiger partial charge < -0.3 is 5.11 Å². The van der Waals surface area contributed by atoms with E-state index in [1.165, 1.54) is 0 Å². The van der Waals surface area contributed by atoms with Gasteiger partial charge in [-0.15, -0.1) is 0 Å². The molecule has 64 valence electrons. The lowest BCUT2D eigenvalue weighted by atomic mass is 9.94. The Bertz CT molecular complexity index is 137. The van der Waals surface area contributed by atoms with Crippen LogP contribution in [0, 0.1) is 23.2 Å². The van der Waals surface area contributed by atoms with Crippen LogP contribution in [0.5, 0.6) is 0 Å². The highest BCUT2D eigenvalue weighted by molar-refractivity contribution is 4.87. The van der Waals surface area contributed by atoms with Crippen LogP contribution in [0.4, 0.5) is 0 Å². The summed E-state index contributed by atoms with van der Waals surface area (Å²) in [5.41, 5.74) is 0. The molecule has 0 amide bonds. The summed E-state index contributed by atoms with van der Waals surface area (Å²) < 4.78 is 0. The van der Waals surface area contributed by atoms with Crippen LogP contribution >= 0.6 is 0 Å². The minimum Gasteiger partial charge on any atom is -0.392 e. The van der Waals surface area contributed by atoms with E-state index in [1.54, 1.807) is 0 Å². The number of aliphatic hydroxyl groups excluding tert-OH is 1. The first-order chi connectivity index (χ1) is 5.11. The van der Waals surface area contributed by atoms with Crippen molar-refractivity contribution in [1.82, 2.24) is 0 Å². The molecular formula is C9H17NO. The van der Waals surface area contributed by atoms with Crippen molar-refractivity contribution in [2.75, 3.05) is 0 Å². The third kappa shape index (κ3) is 4.00. The molecular weight excluding hydrogens is 138 g/mol. The number of rotatable bonds is 4. The Labute approximate surface area is 68.8 Å². The summed E-state index contributed by atoms with van der Waals surface area (Å²) in [6.07, 6.45) is 1.03. The van der Waals surface area contributed by atoms with Gasteiger partial charge >= 0.3 is 0 Å². The van der Waals surface area contributed by atoms with Crippen LogP contribution in [0.25, 0.3) is 0 Å². The molecule has 0 bridgehead atoms. The summed E-state index contributed by atoms with van der Waals surface area (Å²) in [6.45, 7) is 6.03. The molecule has 0 heterocycles. The van der Waals surface area contributed by atoms with E-state index in [1.807, 2.05) is 20.8 Å². The second-order valence-corrected chi connectivity index (χ2v) is 3.34. The third-order valence-electron chi connectivity index (χ3n) is 1.78. The van der Waals surface area contributed by atoms with E-state index in [9.17, 15) is 5.11 Å². The van der Waals surface area contributed by atoms with Gasteiger partial charge in [-0.25, -0.2) is 0 Å². The Hall–Kier alpha value is -0.550. The monoisotopic (exact) mass is 155 g/mol. The molecule has 0 radical (unpaired) electrons. The SMILES string of the molecule is CCC(C#N)C(O)CC(C)C. The maximum Gasteiger partial charge on any atom is 0.0720 e. The lowest BCUT2D eigenvalue weighted by molar-refractivity contribution is 0.108. The molecule has 0 saturated heterocycles. The van der Waals surface area contributed by atoms with Gasteiger partial charge in [0.1, 0.15) is 0 Å². The zero-order valence-corrected chi connectivity index (χ0v) is 7.54. The van der Waals surface area contributed by atoms with Crippen molar-refractivity contribution in [1.29, 1.82) is 5.26 Å². The van der Waals surface area contributed by atoms with Crippen LogP contribution in [0.1, 0.15) is 33.6 Å². The van der Waals surface area contributed by atoms with Gasteiger partial charge in [0, 0.05) is 0 Å². The van der Waals surface area contributed by atoms with Crippen LogP contribution in [-0.4, -0.2) is 11.2 Å². The Balaban J connectivity index is 3.81. The van der Waals surface area contributed by atoms with E-state index in [2.05, 4.69) is 6.07 Å². The highest BCUT2D eigenvalue weighted by Gasteiger charge is 2.17. The topological polar surface area (TPSA) is 44.0 Å². The molecule has 0 aliphatic rings. The van der Waals surface area contributed by atoms with Crippen LogP contribution in [-0.2, 0) is 0 Å². The predicted molar refractivity (Wildman–Crippen MR) is 44.9 cm³/mol. The first-order valence-electron chi connectivity index (χ1n) is 4.19. The fourth-order valence-electron chi connectivity index (χ4n) is 1.10. The van der Waals surface area contributed by atoms with Gasteiger partial charge in [0.2, 0.25) is 0 Å². The first kappa shape index (κ1) is 10.4. The Morgan fingerprint density at radius 3 is 2.27 bits per heavy atom. The Morgan fingerprint density at radius 1 is 1.45 bits per heavy atom. The molecule has 1 N–H and O–H groups in total. The van der Waals surface area contributed by atoms with Gasteiger partial charge in [0.05, 0.1) is 18.1 Å². The third-order valence-corrected chi connectivity index (χ3v) is 1.78. The molecule has 0 spiro atoms. The van der Waals surface area contributed by atoms with Gasteiger partial charge in [-0.05, 0) is 18.8 Å². The van der Waals surface area contributed by atoms with Crippen LogP contribution < -0.4 is 0 Å². The van der Waals surface area contributed by atoms with E-state index >= 15 is 0 Å². The molecule has 0 aromatic carbocycles. The normalized spacial score (nSPS) is 16.0. The molecule has 0 aromatic heterocycles. The van der Waals surface area contributed by atoms with Crippen molar-refractivity contribution in [3.8, 4) is 6.07 Å². The van der Waals surface area contributed by atoms with Gasteiger partial charge in [-0.3, -0.25) is 0 Å². The second-order valence-electron chi connectivity index (χ2n) is 3.34. The van der Waals surface area contributed by atoms with Crippen LogP contribution in [0.2, 0.25) is 0 Å². The molecule has 2 atom stereocenters. The molecule has 0 rings (SSSR count). The van der Waals surface area contributed by atoms with Crippen molar-refractivity contribution in [2.24, 2.45) is 11.8 Å². The second kappa shape index (κ2) is 5.15. The highest BCUT2D eigenvalue weighted by atomic mass is 16.3. The summed E-state index contributed by atoms with van der Waals surface area (Å²) in [7, 11) is 0. The lowest BCUT2D eigenvalue weighted by Crippen LogP contribution is -2.20. The van der Waals surface area contributed by atoms with Gasteiger partial charge in [0.15, 0.2) is 0 Å². The minimum atomic E-state index is -0.440. The van der Waals surface area contributed by atoms with Crippen molar-refractivity contribution in [3.05, 3.63) is 0 Å². The average molecular weight is 155 g/mol. The van der Waals surface area contributed by atoms with E-state index in [-0.39, 0.29) is 5.92 Å². The standard InChI is InChI=1S/C9H17NO/c1-4-8(6-10)9(11)5-7(2)3/h7-9,11H,4-5H2,1-3H3. The van der Waals surface area contributed by atoms with E-state index < -0.39 is 6.10 Å². The molecule has 2 nitrogen and oxygen atoms in total. The van der Waals surface area contributed by atoms with Crippen LogP contribution in [0.3, 0.4) is 0 Å². The Morgan fingerprint density at radius 2 is 2.00 bits per heavy atom. The summed E-state index contributed by atoms with van der Waals surface area (Å²) in [5, 5.41) is 18.1. The summed E-state index contributed by atoms with van der Waals surface area (Å²) in [4.78, 5) is 0. The molecule has 2 unspecified atom stereocenters. The molecule has 0 fully saturated rings. The van der Waals surface area contributed by atoms with E-state index in [4.69, 9.17) is 5.26 Å². The van der Waals surface area contributed by atoms with Gasteiger partial charge in [-0.1, -0.05) is 20.8 Å². The molecule has 2 heteroatoms. The zero-order valence-electron chi connectivity index (χ0n) is 7.54. The number of hydrogen-bond donors (Lipinski definition) is 1. The summed E-state index contributed by atoms with van der Waals surface area (Å²) in [5.74, 6) is 0.282. The fraction of sp³-hybridized carbons (Fsp3) is 0.889. The van der Waals surface area contributed by atoms with Gasteiger partial charge in [-0.2, -0.15) is 5.26 Å².